The first-order valence-electron chi connectivity index (χ1n) is 12.0. The van der Waals surface area contributed by atoms with E-state index in [1.807, 2.05) is 11.3 Å². The van der Waals surface area contributed by atoms with E-state index in [1.165, 1.54) is 67.9 Å². The van der Waals surface area contributed by atoms with Crippen LogP contribution >= 0.6 is 33.9 Å². The van der Waals surface area contributed by atoms with Crippen molar-refractivity contribution in [1.29, 1.82) is 0 Å². The summed E-state index contributed by atoms with van der Waals surface area (Å²) in [6, 6.07) is 46.7. The summed E-state index contributed by atoms with van der Waals surface area (Å²) >= 11 is 4.22. The molecule has 7 aromatic rings. The molecule has 0 bridgehead atoms. The topological polar surface area (TPSA) is 0 Å². The molecule has 0 spiro atoms. The summed E-state index contributed by atoms with van der Waals surface area (Å²) in [4.78, 5) is 0. The molecule has 0 nitrogen and oxygen atoms in total. The molecule has 0 fully saturated rings. The number of fused-ring (bicyclic) bond motifs is 4. The molecule has 170 valence electrons. The Morgan fingerprint density at radius 2 is 0.889 bits per heavy atom. The molecule has 1 aromatic heterocycles. The Labute approximate surface area is 228 Å². The Hall–Kier alpha value is -3.47. The molecule has 0 aliphatic heterocycles. The van der Waals surface area contributed by atoms with Crippen molar-refractivity contribution < 1.29 is 0 Å². The first-order valence-corrected chi connectivity index (χ1v) is 13.9. The minimum atomic E-state index is 1.24. The zero-order chi connectivity index (χ0) is 24.1. The zero-order valence-electron chi connectivity index (χ0n) is 19.4. The van der Waals surface area contributed by atoms with Gasteiger partial charge >= 0.3 is 0 Å². The molecule has 0 aliphatic rings. The highest BCUT2D eigenvalue weighted by molar-refractivity contribution is 14.1. The van der Waals surface area contributed by atoms with Gasteiger partial charge in [0.25, 0.3) is 0 Å². The lowest BCUT2D eigenvalue weighted by molar-refractivity contribution is 1.60. The van der Waals surface area contributed by atoms with E-state index >= 15 is 0 Å². The number of hydrogen-bond acceptors (Lipinski definition) is 1. The SMILES string of the molecule is Ic1ccc(-c2ccc3ccc(-c4ccc(-c5ccc6sc7ccccc7c6c5)cc4)cc3c2)cc1. The lowest BCUT2D eigenvalue weighted by Crippen LogP contribution is -1.83. The summed E-state index contributed by atoms with van der Waals surface area (Å²) in [6.07, 6.45) is 0. The fourth-order valence-corrected chi connectivity index (χ4v) is 6.45. The first-order chi connectivity index (χ1) is 17.7. The second-order valence-electron chi connectivity index (χ2n) is 9.17. The maximum absolute atomic E-state index is 2.35. The van der Waals surface area contributed by atoms with Crippen molar-refractivity contribution in [1.82, 2.24) is 0 Å². The van der Waals surface area contributed by atoms with Gasteiger partial charge in [0, 0.05) is 23.7 Å². The highest BCUT2D eigenvalue weighted by atomic mass is 127. The predicted molar refractivity (Wildman–Crippen MR) is 166 cm³/mol. The molecule has 7 rings (SSSR count). The van der Waals surface area contributed by atoms with Crippen molar-refractivity contribution in [2.45, 2.75) is 0 Å². The van der Waals surface area contributed by atoms with Gasteiger partial charge in [-0.3, -0.25) is 0 Å². The smallest absolute Gasteiger partial charge is 0.0355 e. The van der Waals surface area contributed by atoms with Gasteiger partial charge in [-0.1, -0.05) is 84.9 Å². The van der Waals surface area contributed by atoms with E-state index in [2.05, 4.69) is 150 Å². The summed E-state index contributed by atoms with van der Waals surface area (Å²) in [7, 11) is 0. The van der Waals surface area contributed by atoms with Crippen LogP contribution in [0.2, 0.25) is 0 Å². The van der Waals surface area contributed by atoms with E-state index in [0.29, 0.717) is 0 Å². The van der Waals surface area contributed by atoms with Crippen molar-refractivity contribution in [3.8, 4) is 33.4 Å². The Morgan fingerprint density at radius 1 is 0.389 bits per heavy atom. The van der Waals surface area contributed by atoms with Crippen LogP contribution in [0, 0.1) is 3.57 Å². The van der Waals surface area contributed by atoms with Crippen molar-refractivity contribution in [3.05, 3.63) is 131 Å². The number of halogens is 1. The molecular weight excluding hydrogens is 567 g/mol. The third-order valence-corrected chi connectivity index (χ3v) is 8.82. The van der Waals surface area contributed by atoms with Gasteiger partial charge in [-0.05, 0) is 109 Å². The van der Waals surface area contributed by atoms with Crippen molar-refractivity contribution in [3.63, 3.8) is 0 Å². The summed E-state index contributed by atoms with van der Waals surface area (Å²) in [6.45, 7) is 0. The van der Waals surface area contributed by atoms with Gasteiger partial charge in [0.05, 0.1) is 0 Å². The summed E-state index contributed by atoms with van der Waals surface area (Å²) in [5.41, 5.74) is 7.50. The average Bonchev–Trinajstić information content (AvgIpc) is 3.31. The monoisotopic (exact) mass is 588 g/mol. The van der Waals surface area contributed by atoms with E-state index in [0.717, 1.165) is 0 Å². The molecular formula is C34H21IS. The fourth-order valence-electron chi connectivity index (χ4n) is 5.01. The van der Waals surface area contributed by atoms with E-state index in [9.17, 15) is 0 Å². The van der Waals surface area contributed by atoms with Crippen LogP contribution in [0.25, 0.3) is 64.3 Å². The van der Waals surface area contributed by atoms with Crippen LogP contribution in [0.3, 0.4) is 0 Å². The normalized spacial score (nSPS) is 11.5. The summed E-state index contributed by atoms with van der Waals surface area (Å²) in [5, 5.41) is 5.22. The predicted octanol–water partition coefficient (Wildman–Crippen LogP) is 10.8. The number of benzene rings is 6. The second kappa shape index (κ2) is 8.88. The van der Waals surface area contributed by atoms with Crippen LogP contribution < -0.4 is 0 Å². The van der Waals surface area contributed by atoms with E-state index in [-0.39, 0.29) is 0 Å². The lowest BCUT2D eigenvalue weighted by atomic mass is 9.96. The minimum Gasteiger partial charge on any atom is -0.135 e. The van der Waals surface area contributed by atoms with Crippen molar-refractivity contribution in [2.75, 3.05) is 0 Å². The zero-order valence-corrected chi connectivity index (χ0v) is 22.4. The highest BCUT2D eigenvalue weighted by Gasteiger charge is 2.08. The molecule has 6 aromatic carbocycles. The van der Waals surface area contributed by atoms with Gasteiger partial charge in [-0.15, -0.1) is 11.3 Å². The molecule has 2 heteroatoms. The lowest BCUT2D eigenvalue weighted by Gasteiger charge is -2.09. The molecule has 0 saturated heterocycles. The van der Waals surface area contributed by atoms with Gasteiger partial charge in [0.1, 0.15) is 0 Å². The number of hydrogen-bond donors (Lipinski definition) is 0. The van der Waals surface area contributed by atoms with Crippen molar-refractivity contribution in [2.24, 2.45) is 0 Å². The van der Waals surface area contributed by atoms with E-state index in [1.54, 1.807) is 0 Å². The maximum atomic E-state index is 2.35. The Bertz CT molecular complexity index is 1880. The van der Waals surface area contributed by atoms with E-state index in [4.69, 9.17) is 0 Å². The number of rotatable bonds is 3. The maximum Gasteiger partial charge on any atom is 0.0355 e. The molecule has 0 N–H and O–H groups in total. The van der Waals surface area contributed by atoms with Crippen LogP contribution in [0.15, 0.2) is 127 Å². The molecule has 0 atom stereocenters. The van der Waals surface area contributed by atoms with Gasteiger partial charge in [-0.2, -0.15) is 0 Å². The average molecular weight is 589 g/mol. The second-order valence-corrected chi connectivity index (χ2v) is 11.5. The third-order valence-electron chi connectivity index (χ3n) is 6.95. The minimum absolute atomic E-state index is 1.24. The van der Waals surface area contributed by atoms with Crippen LogP contribution in [0.5, 0.6) is 0 Å². The van der Waals surface area contributed by atoms with Crippen LogP contribution in [0.1, 0.15) is 0 Å². The van der Waals surface area contributed by atoms with Gasteiger partial charge < -0.3 is 0 Å². The first kappa shape index (κ1) is 21.8. The molecule has 0 radical (unpaired) electrons. The van der Waals surface area contributed by atoms with Gasteiger partial charge in [0.2, 0.25) is 0 Å². The van der Waals surface area contributed by atoms with Crippen LogP contribution in [-0.2, 0) is 0 Å². The number of thiophene rings is 1. The molecule has 0 unspecified atom stereocenters. The standard InChI is InChI=1S/C34H21IS/c35-30-16-13-24(14-17-30)27-12-10-25-9-11-26(19-29(25)20-27)22-5-7-23(8-6-22)28-15-18-34-32(21-28)31-3-1-2-4-33(31)36-34/h1-21H. The van der Waals surface area contributed by atoms with Crippen LogP contribution in [-0.4, -0.2) is 0 Å². The van der Waals surface area contributed by atoms with Gasteiger partial charge in [-0.25, -0.2) is 0 Å². The van der Waals surface area contributed by atoms with E-state index < -0.39 is 0 Å². The highest BCUT2D eigenvalue weighted by Crippen LogP contribution is 2.37. The molecule has 36 heavy (non-hydrogen) atoms. The summed E-state index contributed by atoms with van der Waals surface area (Å²) in [5.74, 6) is 0. The summed E-state index contributed by atoms with van der Waals surface area (Å²) < 4.78 is 3.95. The largest absolute Gasteiger partial charge is 0.135 e. The third kappa shape index (κ3) is 3.91. The van der Waals surface area contributed by atoms with Crippen LogP contribution in [0.4, 0.5) is 0 Å². The molecule has 0 amide bonds. The molecule has 0 saturated carbocycles. The fraction of sp³-hybridized carbons (Fsp3) is 0. The van der Waals surface area contributed by atoms with Crippen molar-refractivity contribution >= 4 is 64.9 Å². The Kier molecular flexibility index (Phi) is 5.37. The van der Waals surface area contributed by atoms with Gasteiger partial charge in [0.15, 0.2) is 0 Å². The Balaban J connectivity index is 1.23. The quantitative estimate of drug-likeness (QED) is 0.180. The molecule has 0 aliphatic carbocycles. The Morgan fingerprint density at radius 3 is 1.56 bits per heavy atom. The molecule has 1 heterocycles.